The van der Waals surface area contributed by atoms with Crippen molar-refractivity contribution >= 4 is 7.37 Å². The van der Waals surface area contributed by atoms with Crippen LogP contribution in [-0.2, 0) is 4.57 Å². The van der Waals surface area contributed by atoms with E-state index in [4.69, 9.17) is 0 Å². The summed E-state index contributed by atoms with van der Waals surface area (Å²) in [7, 11) is 0.110. The predicted octanol–water partition coefficient (Wildman–Crippen LogP) is 1.95. The van der Waals surface area contributed by atoms with Crippen LogP contribution in [-0.4, -0.2) is 29.5 Å². The molecule has 0 spiro atoms. The van der Waals surface area contributed by atoms with Gasteiger partial charge in [-0.05, 0) is 40.8 Å². The van der Waals surface area contributed by atoms with E-state index in [-0.39, 0.29) is 0 Å². The fourth-order valence-corrected chi connectivity index (χ4v) is 4.18. The van der Waals surface area contributed by atoms with Gasteiger partial charge in [-0.2, -0.15) is 0 Å². The predicted molar refractivity (Wildman–Crippen MR) is 65.3 cm³/mol. The average Bonchev–Trinajstić information content (AvgIpc) is 2.26. The first-order valence-corrected chi connectivity index (χ1v) is 7.11. The van der Waals surface area contributed by atoms with Crippen molar-refractivity contribution in [2.24, 2.45) is 0 Å². The van der Waals surface area contributed by atoms with E-state index in [1.807, 2.05) is 13.8 Å². The molecule has 2 atom stereocenters. The van der Waals surface area contributed by atoms with E-state index in [1.165, 1.54) is 0 Å². The number of hydrogen-bond donors (Lipinski definition) is 3. The van der Waals surface area contributed by atoms with Crippen molar-refractivity contribution in [1.29, 1.82) is 0 Å². The van der Waals surface area contributed by atoms with Gasteiger partial charge in [-0.15, -0.1) is 0 Å². The third kappa shape index (κ3) is 2.28. The molecule has 0 radical (unpaired) electrons. The minimum absolute atomic E-state index is 0.620. The van der Waals surface area contributed by atoms with Crippen molar-refractivity contribution in [1.82, 2.24) is 10.6 Å². The molecule has 0 heterocycles. The molecule has 0 aromatic heterocycles. The monoisotopic (exact) mass is 236 g/mol. The van der Waals surface area contributed by atoms with Gasteiger partial charge in [0.05, 0.1) is 10.6 Å². The summed E-state index contributed by atoms with van der Waals surface area (Å²) in [6.07, 6.45) is 1.24. The maximum Gasteiger partial charge on any atom is 0.238 e. The van der Waals surface area contributed by atoms with Crippen LogP contribution in [0, 0.1) is 0 Å². The lowest BCUT2D eigenvalue weighted by atomic mass is 10.2. The Kier molecular flexibility index (Phi) is 5.00. The first kappa shape index (κ1) is 15.1. The highest BCUT2D eigenvalue weighted by Gasteiger charge is 2.52. The molecule has 4 nitrogen and oxygen atoms in total. The van der Waals surface area contributed by atoms with Crippen molar-refractivity contribution in [3.8, 4) is 0 Å². The minimum atomic E-state index is -3.36. The highest BCUT2D eigenvalue weighted by Crippen LogP contribution is 2.63. The molecular formula is C10H25N2O2P. The Balaban J connectivity index is 5.36. The lowest BCUT2D eigenvalue weighted by Crippen LogP contribution is -2.50. The van der Waals surface area contributed by atoms with Gasteiger partial charge in [-0.1, -0.05) is 13.8 Å². The van der Waals surface area contributed by atoms with Gasteiger partial charge in [0.2, 0.25) is 7.37 Å². The van der Waals surface area contributed by atoms with Crippen LogP contribution in [0.2, 0.25) is 0 Å². The van der Waals surface area contributed by atoms with Crippen LogP contribution in [0.25, 0.3) is 0 Å². The quantitative estimate of drug-likeness (QED) is 0.617. The Morgan fingerprint density at radius 2 is 1.33 bits per heavy atom. The summed E-state index contributed by atoms with van der Waals surface area (Å²) >= 11 is 0. The Bertz CT molecular complexity index is 226. The molecule has 0 saturated heterocycles. The van der Waals surface area contributed by atoms with Crippen LogP contribution in [0.1, 0.15) is 40.5 Å². The van der Waals surface area contributed by atoms with E-state index in [1.54, 1.807) is 27.9 Å². The fourth-order valence-electron chi connectivity index (χ4n) is 1.63. The van der Waals surface area contributed by atoms with Crippen LogP contribution in [0.5, 0.6) is 0 Å². The highest BCUT2D eigenvalue weighted by atomic mass is 31.2. The normalized spacial score (nSPS) is 23.9. The maximum atomic E-state index is 12.6. The highest BCUT2D eigenvalue weighted by molar-refractivity contribution is 7.61. The number of hydrogen-bond acceptors (Lipinski definition) is 3. The van der Waals surface area contributed by atoms with Crippen molar-refractivity contribution < 1.29 is 9.46 Å². The summed E-state index contributed by atoms with van der Waals surface area (Å²) in [6, 6.07) is 0. The second-order valence-electron chi connectivity index (χ2n) is 4.33. The molecule has 0 aliphatic rings. The summed E-state index contributed by atoms with van der Waals surface area (Å²) in [4.78, 5) is 10.4. The summed E-state index contributed by atoms with van der Waals surface area (Å²) in [5.74, 6) is 0. The number of nitrogens with one attached hydrogen (secondary N) is 2. The lowest BCUT2D eigenvalue weighted by molar-refractivity contribution is 0.337. The van der Waals surface area contributed by atoms with Crippen molar-refractivity contribution in [2.75, 3.05) is 14.1 Å². The van der Waals surface area contributed by atoms with E-state index < -0.39 is 17.9 Å². The van der Waals surface area contributed by atoms with Gasteiger partial charge in [-0.25, -0.2) is 0 Å². The van der Waals surface area contributed by atoms with E-state index in [0.717, 1.165) is 0 Å². The molecule has 0 aromatic carbocycles. The summed E-state index contributed by atoms with van der Waals surface area (Å²) < 4.78 is 12.6. The fraction of sp³-hybridized carbons (Fsp3) is 1.00. The minimum Gasteiger partial charge on any atom is -0.342 e. The second-order valence-corrected chi connectivity index (χ2v) is 7.46. The molecule has 0 bridgehead atoms. The molecule has 0 aliphatic carbocycles. The molecule has 3 N–H and O–H groups in total. The van der Waals surface area contributed by atoms with Gasteiger partial charge in [0.25, 0.3) is 0 Å². The Morgan fingerprint density at radius 3 is 1.47 bits per heavy atom. The van der Waals surface area contributed by atoms with Crippen molar-refractivity contribution in [3.05, 3.63) is 0 Å². The zero-order valence-corrected chi connectivity index (χ0v) is 11.6. The van der Waals surface area contributed by atoms with Crippen LogP contribution >= 0.6 is 7.37 Å². The molecule has 0 aliphatic heterocycles. The van der Waals surface area contributed by atoms with Crippen molar-refractivity contribution in [2.45, 2.75) is 51.1 Å². The van der Waals surface area contributed by atoms with Crippen LogP contribution < -0.4 is 10.6 Å². The maximum absolute atomic E-state index is 12.6. The Hall–Kier alpha value is 0.110. The van der Waals surface area contributed by atoms with Gasteiger partial charge < -0.3 is 15.5 Å². The van der Waals surface area contributed by atoms with Crippen molar-refractivity contribution in [3.63, 3.8) is 0 Å². The SMILES string of the molecule is CCC(C)(NC)P(=O)(O)C(C)(CC)NC. The molecule has 0 fully saturated rings. The Labute approximate surface area is 93.3 Å². The molecule has 0 saturated carbocycles. The van der Waals surface area contributed by atoms with E-state index in [0.29, 0.717) is 12.8 Å². The first-order chi connectivity index (χ1) is 6.74. The Morgan fingerprint density at radius 1 is 1.07 bits per heavy atom. The number of rotatable bonds is 6. The molecule has 15 heavy (non-hydrogen) atoms. The van der Waals surface area contributed by atoms with Gasteiger partial charge in [0.1, 0.15) is 0 Å². The molecule has 5 heteroatoms. The van der Waals surface area contributed by atoms with Gasteiger partial charge in [0, 0.05) is 0 Å². The van der Waals surface area contributed by atoms with E-state index >= 15 is 0 Å². The average molecular weight is 236 g/mol. The van der Waals surface area contributed by atoms with E-state index in [2.05, 4.69) is 10.6 Å². The molecule has 0 aromatic rings. The van der Waals surface area contributed by atoms with Gasteiger partial charge in [-0.3, -0.25) is 4.57 Å². The zero-order chi connectivity index (χ0) is 12.3. The van der Waals surface area contributed by atoms with Crippen LogP contribution in [0.15, 0.2) is 0 Å². The zero-order valence-electron chi connectivity index (χ0n) is 10.7. The molecule has 0 amide bonds. The van der Waals surface area contributed by atoms with Gasteiger partial charge >= 0.3 is 0 Å². The van der Waals surface area contributed by atoms with E-state index in [9.17, 15) is 9.46 Å². The van der Waals surface area contributed by atoms with Crippen LogP contribution in [0.3, 0.4) is 0 Å². The smallest absolute Gasteiger partial charge is 0.238 e. The molecule has 92 valence electrons. The molecule has 2 unspecified atom stereocenters. The standard InChI is InChI=1S/C10H25N2O2P/c1-7-9(3,11-5)15(13,14)10(4,8-2)12-6/h11-12H,7-8H2,1-6H3,(H,13,14). The largest absolute Gasteiger partial charge is 0.342 e. The molecule has 0 rings (SSSR count). The van der Waals surface area contributed by atoms with Crippen LogP contribution in [0.4, 0.5) is 0 Å². The topological polar surface area (TPSA) is 61.4 Å². The summed E-state index contributed by atoms with van der Waals surface area (Å²) in [5, 5.41) is 4.51. The second kappa shape index (κ2) is 4.96. The third-order valence-corrected chi connectivity index (χ3v) is 7.55. The third-order valence-electron chi connectivity index (χ3n) is 3.79. The summed E-state index contributed by atoms with van der Waals surface area (Å²) in [5.41, 5.74) is 0. The first-order valence-electron chi connectivity index (χ1n) is 5.45. The lowest BCUT2D eigenvalue weighted by Gasteiger charge is -2.43. The summed E-state index contributed by atoms with van der Waals surface area (Å²) in [6.45, 7) is 7.45. The van der Waals surface area contributed by atoms with Gasteiger partial charge in [0.15, 0.2) is 0 Å². The molecular weight excluding hydrogens is 211 g/mol.